The van der Waals surface area contributed by atoms with E-state index in [0.29, 0.717) is 0 Å². The first-order chi connectivity index (χ1) is 8.84. The van der Waals surface area contributed by atoms with Crippen molar-refractivity contribution < 1.29 is 19.5 Å². The van der Waals surface area contributed by atoms with Gasteiger partial charge < -0.3 is 5.11 Å². The quantitative estimate of drug-likeness (QED) is 0.637. The second kappa shape index (κ2) is 4.92. The highest BCUT2D eigenvalue weighted by Crippen LogP contribution is 2.33. The van der Waals surface area contributed by atoms with Crippen molar-refractivity contribution in [3.8, 4) is 0 Å². The van der Waals surface area contributed by atoms with Crippen molar-refractivity contribution in [2.24, 2.45) is 11.8 Å². The zero-order chi connectivity index (χ0) is 14.3. The molecule has 2 amide bonds. The monoisotopic (exact) mass is 373 g/mol. The summed E-state index contributed by atoms with van der Waals surface area (Å²) in [7, 11) is 0. The van der Waals surface area contributed by atoms with Crippen molar-refractivity contribution in [2.45, 2.75) is 13.8 Å². The summed E-state index contributed by atoms with van der Waals surface area (Å²) >= 11 is 1.99. The Kier molecular flexibility index (Phi) is 3.62. The average molecular weight is 373 g/mol. The first kappa shape index (κ1) is 14.0. The molecule has 2 atom stereocenters. The maximum Gasteiger partial charge on any atom is 0.337 e. The van der Waals surface area contributed by atoms with E-state index in [1.807, 2.05) is 22.6 Å². The molecule has 2 unspecified atom stereocenters. The minimum atomic E-state index is -1.15. The van der Waals surface area contributed by atoms with Gasteiger partial charge in [0.2, 0.25) is 11.8 Å². The molecule has 0 aliphatic carbocycles. The third kappa shape index (κ3) is 2.24. The van der Waals surface area contributed by atoms with Crippen molar-refractivity contribution >= 4 is 46.1 Å². The Hall–Kier alpha value is -1.44. The Bertz CT molecular complexity index is 564. The van der Waals surface area contributed by atoms with E-state index >= 15 is 0 Å². The summed E-state index contributed by atoms with van der Waals surface area (Å²) < 4.78 is 0.735. The van der Waals surface area contributed by atoms with Crippen LogP contribution < -0.4 is 4.90 Å². The van der Waals surface area contributed by atoms with Gasteiger partial charge in [-0.2, -0.15) is 0 Å². The molecule has 1 aromatic carbocycles. The third-order valence-corrected chi connectivity index (χ3v) is 4.07. The van der Waals surface area contributed by atoms with Gasteiger partial charge in [0.1, 0.15) is 0 Å². The lowest BCUT2D eigenvalue weighted by Gasteiger charge is -2.17. The van der Waals surface area contributed by atoms with Crippen LogP contribution in [0, 0.1) is 15.4 Å². The number of carboxylic acid groups (broad SMARTS) is 1. The molecule has 0 saturated carbocycles. The van der Waals surface area contributed by atoms with Gasteiger partial charge in [0.15, 0.2) is 0 Å². The number of imide groups is 1. The Morgan fingerprint density at radius 2 is 1.74 bits per heavy atom. The van der Waals surface area contributed by atoms with E-state index in [0.717, 1.165) is 8.47 Å². The fourth-order valence-electron chi connectivity index (χ4n) is 2.06. The zero-order valence-corrected chi connectivity index (χ0v) is 12.5. The van der Waals surface area contributed by atoms with Crippen LogP contribution in [0.4, 0.5) is 5.69 Å². The molecule has 0 bridgehead atoms. The number of benzene rings is 1. The second-order valence-electron chi connectivity index (χ2n) is 4.56. The van der Waals surface area contributed by atoms with Crippen LogP contribution in [0.25, 0.3) is 0 Å². The van der Waals surface area contributed by atoms with Gasteiger partial charge in [-0.3, -0.25) is 9.59 Å². The van der Waals surface area contributed by atoms with Gasteiger partial charge in [-0.05, 0) is 40.8 Å². The number of rotatable bonds is 2. The van der Waals surface area contributed by atoms with Crippen molar-refractivity contribution in [3.05, 3.63) is 27.3 Å². The fourth-order valence-corrected chi connectivity index (χ4v) is 2.55. The molecule has 2 rings (SSSR count). The number of carbonyl (C=O) groups excluding carboxylic acids is 2. The van der Waals surface area contributed by atoms with E-state index in [1.54, 1.807) is 19.9 Å². The van der Waals surface area contributed by atoms with Crippen LogP contribution in [0.2, 0.25) is 0 Å². The van der Waals surface area contributed by atoms with Gasteiger partial charge in [0.05, 0.1) is 11.3 Å². The van der Waals surface area contributed by atoms with Gasteiger partial charge in [-0.1, -0.05) is 13.8 Å². The van der Waals surface area contributed by atoms with Crippen molar-refractivity contribution in [3.63, 3.8) is 0 Å². The Morgan fingerprint density at radius 3 is 2.21 bits per heavy atom. The lowest BCUT2D eigenvalue weighted by molar-refractivity contribution is -0.122. The molecule has 0 spiro atoms. The third-order valence-electron chi connectivity index (χ3n) is 3.40. The van der Waals surface area contributed by atoms with Crippen LogP contribution in [0.1, 0.15) is 24.2 Å². The Balaban J connectivity index is 2.57. The topological polar surface area (TPSA) is 74.7 Å². The molecule has 1 aromatic rings. The highest BCUT2D eigenvalue weighted by Gasteiger charge is 2.44. The first-order valence-corrected chi connectivity index (χ1v) is 6.83. The highest BCUT2D eigenvalue weighted by atomic mass is 127. The molecular formula is C13H12INO4. The van der Waals surface area contributed by atoms with Crippen LogP contribution >= 0.6 is 22.6 Å². The standard InChI is InChI=1S/C13H12INO4/c1-6-7(2)12(17)15(11(6)16)10-4-3-8(14)5-9(10)13(18)19/h3-7H,1-2H3,(H,18,19). The molecule has 1 heterocycles. The van der Waals surface area contributed by atoms with Gasteiger partial charge in [-0.15, -0.1) is 0 Å². The summed E-state index contributed by atoms with van der Waals surface area (Å²) in [5, 5.41) is 9.20. The minimum absolute atomic E-state index is 0.0325. The summed E-state index contributed by atoms with van der Waals surface area (Å²) in [6.07, 6.45) is 0. The highest BCUT2D eigenvalue weighted by molar-refractivity contribution is 14.1. The van der Waals surface area contributed by atoms with E-state index in [9.17, 15) is 19.5 Å². The maximum absolute atomic E-state index is 12.1. The largest absolute Gasteiger partial charge is 0.478 e. The molecule has 6 heteroatoms. The number of amides is 2. The van der Waals surface area contributed by atoms with E-state index in [4.69, 9.17) is 0 Å². The molecule has 19 heavy (non-hydrogen) atoms. The number of carboxylic acids is 1. The zero-order valence-electron chi connectivity index (χ0n) is 10.4. The van der Waals surface area contributed by atoms with Gasteiger partial charge in [0, 0.05) is 15.4 Å². The van der Waals surface area contributed by atoms with E-state index < -0.39 is 17.8 Å². The van der Waals surface area contributed by atoms with Gasteiger partial charge in [-0.25, -0.2) is 9.69 Å². The summed E-state index contributed by atoms with van der Waals surface area (Å²) in [6.45, 7) is 3.36. The fraction of sp³-hybridized carbons (Fsp3) is 0.308. The molecule has 100 valence electrons. The van der Waals surface area contributed by atoms with Crippen LogP contribution in [0.3, 0.4) is 0 Å². The van der Waals surface area contributed by atoms with Crippen molar-refractivity contribution in [2.75, 3.05) is 4.90 Å². The van der Waals surface area contributed by atoms with E-state index in [-0.39, 0.29) is 23.1 Å². The number of halogens is 1. The van der Waals surface area contributed by atoms with Crippen LogP contribution in [0.15, 0.2) is 18.2 Å². The summed E-state index contributed by atoms with van der Waals surface area (Å²) in [6, 6.07) is 4.63. The smallest absolute Gasteiger partial charge is 0.337 e. The minimum Gasteiger partial charge on any atom is -0.478 e. The predicted octanol–water partition coefficient (Wildman–Crippen LogP) is 2.13. The molecular weight excluding hydrogens is 361 g/mol. The van der Waals surface area contributed by atoms with E-state index in [1.165, 1.54) is 12.1 Å². The lowest BCUT2D eigenvalue weighted by Crippen LogP contribution is -2.32. The lowest BCUT2D eigenvalue weighted by atomic mass is 10.00. The number of hydrogen-bond donors (Lipinski definition) is 1. The number of hydrogen-bond acceptors (Lipinski definition) is 3. The SMILES string of the molecule is CC1C(=O)N(c2ccc(I)cc2C(=O)O)C(=O)C1C. The predicted molar refractivity (Wildman–Crippen MR) is 76.9 cm³/mol. The Morgan fingerprint density at radius 1 is 1.21 bits per heavy atom. The number of carbonyl (C=O) groups is 3. The molecule has 1 aliphatic rings. The van der Waals surface area contributed by atoms with Crippen LogP contribution in [0.5, 0.6) is 0 Å². The molecule has 0 radical (unpaired) electrons. The number of aromatic carboxylic acids is 1. The molecule has 0 aromatic heterocycles. The normalized spacial score (nSPS) is 23.0. The van der Waals surface area contributed by atoms with Gasteiger partial charge >= 0.3 is 5.97 Å². The molecule has 5 nitrogen and oxygen atoms in total. The summed E-state index contributed by atoms with van der Waals surface area (Å²) in [4.78, 5) is 36.4. The number of anilines is 1. The Labute approximate surface area is 123 Å². The average Bonchev–Trinajstić information content (AvgIpc) is 2.54. The second-order valence-corrected chi connectivity index (χ2v) is 5.80. The van der Waals surface area contributed by atoms with Crippen molar-refractivity contribution in [1.82, 2.24) is 0 Å². The summed E-state index contributed by atoms with van der Waals surface area (Å²) in [5.41, 5.74) is 0.119. The molecule has 1 N–H and O–H groups in total. The van der Waals surface area contributed by atoms with Crippen LogP contribution in [-0.4, -0.2) is 22.9 Å². The van der Waals surface area contributed by atoms with Gasteiger partial charge in [0.25, 0.3) is 0 Å². The maximum atomic E-state index is 12.1. The van der Waals surface area contributed by atoms with Crippen molar-refractivity contribution in [1.29, 1.82) is 0 Å². The number of nitrogens with zero attached hydrogens (tertiary/aromatic N) is 1. The molecule has 1 saturated heterocycles. The summed E-state index contributed by atoms with van der Waals surface area (Å²) in [5.74, 6) is -2.69. The van der Waals surface area contributed by atoms with E-state index in [2.05, 4.69) is 0 Å². The first-order valence-electron chi connectivity index (χ1n) is 5.75. The molecule has 1 fully saturated rings. The molecule has 1 aliphatic heterocycles. The van der Waals surface area contributed by atoms with Crippen LogP contribution in [-0.2, 0) is 9.59 Å².